The molecule has 0 bridgehead atoms. The molecular weight excluding hydrogens is 216 g/mol. The van der Waals surface area contributed by atoms with Crippen molar-refractivity contribution in [3.05, 3.63) is 29.8 Å². The van der Waals surface area contributed by atoms with Crippen molar-refractivity contribution in [2.75, 3.05) is 19.7 Å². The Morgan fingerprint density at radius 2 is 2.35 bits per heavy atom. The number of nitrogens with two attached hydrogens (primary N) is 1. The van der Waals surface area contributed by atoms with E-state index in [1.165, 1.54) is 0 Å². The van der Waals surface area contributed by atoms with E-state index in [9.17, 15) is 4.79 Å². The van der Waals surface area contributed by atoms with Gasteiger partial charge in [0, 0.05) is 19.0 Å². The first-order valence-corrected chi connectivity index (χ1v) is 5.95. The van der Waals surface area contributed by atoms with Gasteiger partial charge in [-0.1, -0.05) is 12.1 Å². The molecule has 1 fully saturated rings. The molecule has 2 unspecified atom stereocenters. The van der Waals surface area contributed by atoms with E-state index in [0.29, 0.717) is 13.2 Å². The average molecular weight is 234 g/mol. The van der Waals surface area contributed by atoms with Gasteiger partial charge in [0.15, 0.2) is 0 Å². The van der Waals surface area contributed by atoms with E-state index in [4.69, 9.17) is 10.5 Å². The summed E-state index contributed by atoms with van der Waals surface area (Å²) in [5.41, 5.74) is 6.53. The Labute approximate surface area is 101 Å². The van der Waals surface area contributed by atoms with Crippen molar-refractivity contribution in [2.45, 2.75) is 12.8 Å². The standard InChI is InChI=1S/C13H18N2O2/c1-2-17-10-5-3-4-9(6-10)11-7-15-8-12(11)13(14)16/h3-6,11-12,15H,2,7-8H2,1H3,(H2,14,16). The molecule has 17 heavy (non-hydrogen) atoms. The van der Waals surface area contributed by atoms with Gasteiger partial charge in [0.05, 0.1) is 12.5 Å². The van der Waals surface area contributed by atoms with Crippen LogP contribution in [0.1, 0.15) is 18.4 Å². The summed E-state index contributed by atoms with van der Waals surface area (Å²) < 4.78 is 5.47. The third-order valence-electron chi connectivity index (χ3n) is 3.18. The fourth-order valence-electron chi connectivity index (χ4n) is 2.33. The quantitative estimate of drug-likeness (QED) is 0.812. The highest BCUT2D eigenvalue weighted by molar-refractivity contribution is 5.78. The van der Waals surface area contributed by atoms with Crippen LogP contribution in [0, 0.1) is 5.92 Å². The topological polar surface area (TPSA) is 64.3 Å². The summed E-state index contributed by atoms with van der Waals surface area (Å²) in [6, 6.07) is 7.90. The van der Waals surface area contributed by atoms with E-state index in [-0.39, 0.29) is 17.7 Å². The Morgan fingerprint density at radius 3 is 3.06 bits per heavy atom. The number of benzene rings is 1. The number of hydrogen-bond donors (Lipinski definition) is 2. The van der Waals surface area contributed by atoms with Crippen LogP contribution in [0.4, 0.5) is 0 Å². The molecule has 0 aromatic heterocycles. The van der Waals surface area contributed by atoms with Crippen molar-refractivity contribution in [1.82, 2.24) is 5.32 Å². The van der Waals surface area contributed by atoms with Crippen molar-refractivity contribution in [3.63, 3.8) is 0 Å². The lowest BCUT2D eigenvalue weighted by atomic mass is 9.88. The van der Waals surface area contributed by atoms with Gasteiger partial charge in [-0.05, 0) is 24.6 Å². The normalized spacial score (nSPS) is 23.6. The summed E-state index contributed by atoms with van der Waals surface area (Å²) in [7, 11) is 0. The molecule has 1 aromatic carbocycles. The molecule has 4 nitrogen and oxygen atoms in total. The Balaban J connectivity index is 2.21. The van der Waals surface area contributed by atoms with Crippen LogP contribution >= 0.6 is 0 Å². The summed E-state index contributed by atoms with van der Waals surface area (Å²) in [6.07, 6.45) is 0. The molecule has 1 amide bonds. The lowest BCUT2D eigenvalue weighted by Crippen LogP contribution is -2.28. The van der Waals surface area contributed by atoms with Crippen LogP contribution in [-0.2, 0) is 4.79 Å². The Hall–Kier alpha value is -1.55. The second-order valence-electron chi connectivity index (χ2n) is 4.28. The largest absolute Gasteiger partial charge is 0.494 e. The predicted octanol–water partition coefficient (Wildman–Crippen LogP) is 0.874. The summed E-state index contributed by atoms with van der Waals surface area (Å²) in [5.74, 6) is 0.654. The molecule has 0 spiro atoms. The lowest BCUT2D eigenvalue weighted by molar-refractivity contribution is -0.121. The zero-order valence-corrected chi connectivity index (χ0v) is 9.98. The zero-order chi connectivity index (χ0) is 12.3. The number of primary amides is 1. The van der Waals surface area contributed by atoms with Gasteiger partial charge in [0.2, 0.25) is 5.91 Å². The average Bonchev–Trinajstić information content (AvgIpc) is 2.79. The van der Waals surface area contributed by atoms with Crippen molar-refractivity contribution >= 4 is 5.91 Å². The molecule has 0 radical (unpaired) electrons. The number of carbonyl (C=O) groups excluding carboxylic acids is 1. The van der Waals surface area contributed by atoms with Crippen LogP contribution in [0.15, 0.2) is 24.3 Å². The van der Waals surface area contributed by atoms with Gasteiger partial charge in [0.1, 0.15) is 5.75 Å². The maximum atomic E-state index is 11.3. The van der Waals surface area contributed by atoms with E-state index in [1.54, 1.807) is 0 Å². The smallest absolute Gasteiger partial charge is 0.222 e. The minimum Gasteiger partial charge on any atom is -0.494 e. The van der Waals surface area contributed by atoms with E-state index >= 15 is 0 Å². The second kappa shape index (κ2) is 5.19. The van der Waals surface area contributed by atoms with E-state index in [1.807, 2.05) is 31.2 Å². The molecule has 1 aromatic rings. The summed E-state index contributed by atoms with van der Waals surface area (Å²) in [6.45, 7) is 4.06. The van der Waals surface area contributed by atoms with Crippen molar-refractivity contribution in [3.8, 4) is 5.75 Å². The van der Waals surface area contributed by atoms with Gasteiger partial charge in [0.25, 0.3) is 0 Å². The molecule has 0 saturated carbocycles. The SMILES string of the molecule is CCOc1cccc(C2CNCC2C(N)=O)c1. The number of amides is 1. The molecule has 1 aliphatic heterocycles. The van der Waals surface area contributed by atoms with Crippen LogP contribution in [0.2, 0.25) is 0 Å². The number of nitrogens with one attached hydrogen (secondary N) is 1. The Kier molecular flexibility index (Phi) is 3.64. The number of hydrogen-bond acceptors (Lipinski definition) is 3. The minimum absolute atomic E-state index is 0.119. The van der Waals surface area contributed by atoms with Crippen molar-refractivity contribution in [2.24, 2.45) is 11.7 Å². The van der Waals surface area contributed by atoms with Gasteiger partial charge in [-0.2, -0.15) is 0 Å². The first kappa shape index (κ1) is 11.9. The van der Waals surface area contributed by atoms with Gasteiger partial charge >= 0.3 is 0 Å². The molecular formula is C13H18N2O2. The lowest BCUT2D eigenvalue weighted by Gasteiger charge is -2.16. The fourth-order valence-corrected chi connectivity index (χ4v) is 2.33. The third kappa shape index (κ3) is 2.58. The van der Waals surface area contributed by atoms with E-state index < -0.39 is 0 Å². The molecule has 2 atom stereocenters. The van der Waals surface area contributed by atoms with Gasteiger partial charge in [-0.15, -0.1) is 0 Å². The molecule has 0 aliphatic carbocycles. The van der Waals surface area contributed by atoms with Crippen LogP contribution < -0.4 is 15.8 Å². The van der Waals surface area contributed by atoms with Crippen molar-refractivity contribution < 1.29 is 9.53 Å². The molecule has 1 saturated heterocycles. The first-order valence-electron chi connectivity index (χ1n) is 5.95. The minimum atomic E-state index is -0.234. The van der Waals surface area contributed by atoms with Crippen LogP contribution in [-0.4, -0.2) is 25.6 Å². The molecule has 3 N–H and O–H groups in total. The molecule has 2 rings (SSSR count). The van der Waals surface area contributed by atoms with E-state index in [2.05, 4.69) is 5.32 Å². The number of ether oxygens (including phenoxy) is 1. The monoisotopic (exact) mass is 234 g/mol. The molecule has 1 heterocycles. The Morgan fingerprint density at radius 1 is 1.53 bits per heavy atom. The van der Waals surface area contributed by atoms with Crippen molar-refractivity contribution in [1.29, 1.82) is 0 Å². The maximum absolute atomic E-state index is 11.3. The molecule has 1 aliphatic rings. The molecule has 92 valence electrons. The van der Waals surface area contributed by atoms with Crippen LogP contribution in [0.3, 0.4) is 0 Å². The summed E-state index contributed by atoms with van der Waals surface area (Å²) in [5, 5.41) is 3.21. The van der Waals surface area contributed by atoms with Gasteiger partial charge < -0.3 is 15.8 Å². The highest BCUT2D eigenvalue weighted by Gasteiger charge is 2.32. The van der Waals surface area contributed by atoms with Gasteiger partial charge in [-0.25, -0.2) is 0 Å². The highest BCUT2D eigenvalue weighted by Crippen LogP contribution is 2.29. The highest BCUT2D eigenvalue weighted by atomic mass is 16.5. The molecule has 4 heteroatoms. The van der Waals surface area contributed by atoms with Gasteiger partial charge in [-0.3, -0.25) is 4.79 Å². The summed E-state index contributed by atoms with van der Waals surface area (Å²) in [4.78, 5) is 11.3. The third-order valence-corrected chi connectivity index (χ3v) is 3.18. The van der Waals surface area contributed by atoms with E-state index in [0.717, 1.165) is 17.9 Å². The number of carbonyl (C=O) groups is 1. The van der Waals surface area contributed by atoms with Crippen LogP contribution in [0.5, 0.6) is 5.75 Å². The maximum Gasteiger partial charge on any atom is 0.222 e. The second-order valence-corrected chi connectivity index (χ2v) is 4.28. The fraction of sp³-hybridized carbons (Fsp3) is 0.462. The zero-order valence-electron chi connectivity index (χ0n) is 9.98. The van der Waals surface area contributed by atoms with Crippen LogP contribution in [0.25, 0.3) is 0 Å². The first-order chi connectivity index (χ1) is 8.22. The Bertz CT molecular complexity index is 406. The predicted molar refractivity (Wildman–Crippen MR) is 65.9 cm³/mol. The summed E-state index contributed by atoms with van der Waals surface area (Å²) >= 11 is 0. The number of rotatable bonds is 4.